The summed E-state index contributed by atoms with van der Waals surface area (Å²) < 4.78 is 37.8. The molecule has 0 fully saturated rings. The minimum Gasteiger partial charge on any atom is -0.387 e. The smallest absolute Gasteiger partial charge is 0.387 e. The van der Waals surface area contributed by atoms with Gasteiger partial charge in [-0.15, -0.1) is 11.3 Å². The van der Waals surface area contributed by atoms with Crippen LogP contribution in [0.1, 0.15) is 22.2 Å². The molecule has 0 saturated carbocycles. The Hall–Kier alpha value is -2.19. The minimum atomic E-state index is -4.47. The fourth-order valence-electron chi connectivity index (χ4n) is 2.14. The van der Waals surface area contributed by atoms with E-state index in [9.17, 15) is 18.3 Å². The standard InChI is InChI=1S/C15H12F3N3OS/c16-15(17,18)14-8-11(20-21-14)10-6-9(3-4-19-10)7-12(22)13-2-1-5-23-13/h1-6,8,12,22H,7H2,(H,20,21). The van der Waals surface area contributed by atoms with Crippen molar-refractivity contribution < 1.29 is 18.3 Å². The number of nitrogens with zero attached hydrogens (tertiary/aromatic N) is 2. The lowest BCUT2D eigenvalue weighted by atomic mass is 10.1. The molecule has 8 heteroatoms. The van der Waals surface area contributed by atoms with E-state index in [1.54, 1.807) is 12.1 Å². The molecule has 0 spiro atoms. The summed E-state index contributed by atoms with van der Waals surface area (Å²) >= 11 is 1.45. The molecule has 2 N–H and O–H groups in total. The topological polar surface area (TPSA) is 61.8 Å². The predicted octanol–water partition coefficient (Wildman–Crippen LogP) is 3.83. The number of aliphatic hydroxyl groups is 1. The molecule has 4 nitrogen and oxygen atoms in total. The van der Waals surface area contributed by atoms with E-state index in [2.05, 4.69) is 10.1 Å². The lowest BCUT2D eigenvalue weighted by Crippen LogP contribution is -2.04. The van der Waals surface area contributed by atoms with E-state index < -0.39 is 18.0 Å². The van der Waals surface area contributed by atoms with Gasteiger partial charge in [-0.3, -0.25) is 10.1 Å². The highest BCUT2D eigenvalue weighted by Gasteiger charge is 2.33. The molecule has 0 aliphatic rings. The van der Waals surface area contributed by atoms with Gasteiger partial charge >= 0.3 is 6.18 Å². The van der Waals surface area contributed by atoms with E-state index in [1.165, 1.54) is 17.5 Å². The highest BCUT2D eigenvalue weighted by atomic mass is 32.1. The van der Waals surface area contributed by atoms with E-state index in [0.29, 0.717) is 12.1 Å². The van der Waals surface area contributed by atoms with Gasteiger partial charge < -0.3 is 5.11 Å². The minimum absolute atomic E-state index is 0.116. The van der Waals surface area contributed by atoms with Crippen LogP contribution in [0, 0.1) is 0 Å². The third kappa shape index (κ3) is 3.59. The van der Waals surface area contributed by atoms with Crippen molar-refractivity contribution in [1.29, 1.82) is 0 Å². The summed E-state index contributed by atoms with van der Waals surface area (Å²) in [6, 6.07) is 7.96. The van der Waals surface area contributed by atoms with E-state index >= 15 is 0 Å². The molecular weight excluding hydrogens is 327 g/mol. The van der Waals surface area contributed by atoms with Crippen molar-refractivity contribution in [3.63, 3.8) is 0 Å². The Morgan fingerprint density at radius 2 is 2.04 bits per heavy atom. The van der Waals surface area contributed by atoms with Crippen molar-refractivity contribution in [1.82, 2.24) is 15.2 Å². The second kappa shape index (κ2) is 6.13. The second-order valence-electron chi connectivity index (χ2n) is 4.95. The Labute approximate surface area is 133 Å². The van der Waals surface area contributed by atoms with Crippen LogP contribution in [0.25, 0.3) is 11.4 Å². The van der Waals surface area contributed by atoms with E-state index in [1.807, 2.05) is 22.6 Å². The molecule has 0 aliphatic carbocycles. The van der Waals surface area contributed by atoms with Crippen LogP contribution in [0.4, 0.5) is 13.2 Å². The lowest BCUT2D eigenvalue weighted by Gasteiger charge is -2.09. The number of rotatable bonds is 4. The maximum atomic E-state index is 12.6. The molecule has 0 bridgehead atoms. The Bertz CT molecular complexity index is 783. The molecule has 120 valence electrons. The van der Waals surface area contributed by atoms with Gasteiger partial charge in [-0.05, 0) is 35.2 Å². The van der Waals surface area contributed by atoms with Gasteiger partial charge in [0, 0.05) is 17.5 Å². The summed E-state index contributed by atoms with van der Waals surface area (Å²) in [5.74, 6) is 0. The van der Waals surface area contributed by atoms with Crippen LogP contribution >= 0.6 is 11.3 Å². The van der Waals surface area contributed by atoms with Gasteiger partial charge in [0.05, 0.1) is 11.8 Å². The van der Waals surface area contributed by atoms with Gasteiger partial charge in [-0.1, -0.05) is 6.07 Å². The number of aliphatic hydroxyl groups excluding tert-OH is 1. The number of hydrogen-bond acceptors (Lipinski definition) is 4. The maximum Gasteiger partial charge on any atom is 0.432 e. The summed E-state index contributed by atoms with van der Waals surface area (Å²) in [6.45, 7) is 0. The molecule has 0 aromatic carbocycles. The molecule has 0 saturated heterocycles. The number of alkyl halides is 3. The number of thiophene rings is 1. The molecule has 0 amide bonds. The third-order valence-electron chi connectivity index (χ3n) is 3.27. The van der Waals surface area contributed by atoms with E-state index in [4.69, 9.17) is 0 Å². The zero-order valence-electron chi connectivity index (χ0n) is 11.7. The average Bonchev–Trinajstić information content (AvgIpc) is 3.19. The van der Waals surface area contributed by atoms with Crippen LogP contribution in [0.15, 0.2) is 41.9 Å². The molecule has 3 heterocycles. The van der Waals surface area contributed by atoms with Gasteiger partial charge in [0.2, 0.25) is 0 Å². The first-order valence-electron chi connectivity index (χ1n) is 6.73. The molecule has 1 atom stereocenters. The summed E-state index contributed by atoms with van der Waals surface area (Å²) in [6.07, 6.45) is -3.28. The normalized spacial score (nSPS) is 13.2. The number of pyridine rings is 1. The van der Waals surface area contributed by atoms with Crippen molar-refractivity contribution in [2.75, 3.05) is 0 Å². The summed E-state index contributed by atoms with van der Waals surface area (Å²) in [5.41, 5.74) is 0.295. The van der Waals surface area contributed by atoms with Crippen LogP contribution in [0.5, 0.6) is 0 Å². The van der Waals surface area contributed by atoms with Crippen molar-refractivity contribution in [3.8, 4) is 11.4 Å². The van der Waals surface area contributed by atoms with Crippen molar-refractivity contribution in [3.05, 3.63) is 58.0 Å². The second-order valence-corrected chi connectivity index (χ2v) is 5.93. The number of aromatic nitrogens is 3. The van der Waals surface area contributed by atoms with Gasteiger partial charge in [0.25, 0.3) is 0 Å². The lowest BCUT2D eigenvalue weighted by molar-refractivity contribution is -0.141. The van der Waals surface area contributed by atoms with Crippen molar-refractivity contribution in [2.45, 2.75) is 18.7 Å². The molecule has 0 aliphatic heterocycles. The van der Waals surface area contributed by atoms with Crippen molar-refractivity contribution >= 4 is 11.3 Å². The third-order valence-corrected chi connectivity index (χ3v) is 4.24. The first-order valence-corrected chi connectivity index (χ1v) is 7.61. The number of nitrogens with one attached hydrogen (secondary N) is 1. The Balaban J connectivity index is 1.81. The largest absolute Gasteiger partial charge is 0.432 e. The van der Waals surface area contributed by atoms with Gasteiger partial charge in [0.15, 0.2) is 0 Å². The molecule has 3 aromatic rings. The molecule has 3 aromatic heterocycles. The van der Waals surface area contributed by atoms with E-state index in [-0.39, 0.29) is 5.69 Å². The number of H-pyrrole nitrogens is 1. The monoisotopic (exact) mass is 339 g/mol. The summed E-state index contributed by atoms with van der Waals surface area (Å²) in [7, 11) is 0. The first-order chi connectivity index (χ1) is 10.9. The van der Waals surface area contributed by atoms with Gasteiger partial charge in [-0.2, -0.15) is 18.3 Å². The first kappa shape index (κ1) is 15.7. The fourth-order valence-corrected chi connectivity index (χ4v) is 2.86. The van der Waals surface area contributed by atoms with Crippen LogP contribution in [-0.4, -0.2) is 20.3 Å². The molecule has 3 rings (SSSR count). The predicted molar refractivity (Wildman–Crippen MR) is 79.8 cm³/mol. The maximum absolute atomic E-state index is 12.6. The van der Waals surface area contributed by atoms with Crippen LogP contribution in [-0.2, 0) is 12.6 Å². The SMILES string of the molecule is OC(Cc1ccnc(-c2cc(C(F)(F)F)[nH]n2)c1)c1cccs1. The number of aromatic amines is 1. The quantitative estimate of drug-likeness (QED) is 0.759. The molecule has 0 radical (unpaired) electrons. The van der Waals surface area contributed by atoms with E-state index in [0.717, 1.165) is 16.5 Å². The van der Waals surface area contributed by atoms with Crippen LogP contribution in [0.2, 0.25) is 0 Å². The van der Waals surface area contributed by atoms with Crippen molar-refractivity contribution in [2.24, 2.45) is 0 Å². The Morgan fingerprint density at radius 1 is 1.22 bits per heavy atom. The number of hydrogen-bond donors (Lipinski definition) is 2. The zero-order chi connectivity index (χ0) is 16.4. The van der Waals surface area contributed by atoms with Crippen LogP contribution < -0.4 is 0 Å². The highest BCUT2D eigenvalue weighted by Crippen LogP contribution is 2.30. The summed E-state index contributed by atoms with van der Waals surface area (Å²) in [5, 5.41) is 17.6. The van der Waals surface area contributed by atoms with Gasteiger partial charge in [-0.25, -0.2) is 0 Å². The Morgan fingerprint density at radius 3 is 2.70 bits per heavy atom. The Kier molecular flexibility index (Phi) is 4.18. The molecule has 23 heavy (non-hydrogen) atoms. The van der Waals surface area contributed by atoms with Gasteiger partial charge in [0.1, 0.15) is 11.4 Å². The summed E-state index contributed by atoms with van der Waals surface area (Å²) in [4.78, 5) is 4.88. The average molecular weight is 339 g/mol. The fraction of sp³-hybridized carbons (Fsp3) is 0.200. The number of halogens is 3. The molecular formula is C15H12F3N3OS. The van der Waals surface area contributed by atoms with Crippen LogP contribution in [0.3, 0.4) is 0 Å². The highest BCUT2D eigenvalue weighted by molar-refractivity contribution is 7.10. The molecule has 1 unspecified atom stereocenters. The zero-order valence-corrected chi connectivity index (χ0v) is 12.5.